The monoisotopic (exact) mass is 317 g/mol. The molecule has 3 N–H and O–H groups in total. The zero-order chi connectivity index (χ0) is 15.9. The molecule has 0 spiro atoms. The van der Waals surface area contributed by atoms with E-state index in [1.165, 1.54) is 12.1 Å². The lowest BCUT2D eigenvalue weighted by atomic mass is 10.2. The minimum Gasteiger partial charge on any atom is -0.326 e. The van der Waals surface area contributed by atoms with E-state index in [4.69, 9.17) is 5.73 Å². The van der Waals surface area contributed by atoms with Crippen molar-refractivity contribution in [2.75, 3.05) is 26.2 Å². The van der Waals surface area contributed by atoms with Gasteiger partial charge in [0.25, 0.3) is 0 Å². The Hall–Kier alpha value is -1.02. The zero-order valence-electron chi connectivity index (χ0n) is 12.6. The molecule has 21 heavy (non-hydrogen) atoms. The highest BCUT2D eigenvalue weighted by molar-refractivity contribution is 7.89. The van der Waals surface area contributed by atoms with Crippen LogP contribution < -0.4 is 10.5 Å². The number of hydrogen-bond acceptors (Lipinski definition) is 4. The summed E-state index contributed by atoms with van der Waals surface area (Å²) in [5.74, 6) is -0.489. The molecule has 0 heterocycles. The molecule has 1 aromatic rings. The van der Waals surface area contributed by atoms with Crippen LogP contribution >= 0.6 is 0 Å². The fourth-order valence-electron chi connectivity index (χ4n) is 2.04. The average Bonchev–Trinajstić information content (AvgIpc) is 2.46. The predicted molar refractivity (Wildman–Crippen MR) is 81.9 cm³/mol. The van der Waals surface area contributed by atoms with E-state index in [2.05, 4.69) is 16.5 Å². The van der Waals surface area contributed by atoms with Crippen LogP contribution in [-0.4, -0.2) is 39.5 Å². The van der Waals surface area contributed by atoms with Crippen molar-refractivity contribution < 1.29 is 12.8 Å². The molecule has 0 saturated carbocycles. The molecule has 0 aliphatic rings. The van der Waals surface area contributed by atoms with E-state index in [0.29, 0.717) is 13.1 Å². The van der Waals surface area contributed by atoms with Gasteiger partial charge in [0.2, 0.25) is 10.0 Å². The Morgan fingerprint density at radius 1 is 1.29 bits per heavy atom. The Morgan fingerprint density at radius 2 is 2.00 bits per heavy atom. The maximum absolute atomic E-state index is 13.3. The Bertz CT molecular complexity index is 549. The molecular weight excluding hydrogens is 293 g/mol. The normalized spacial score (nSPS) is 12.0. The van der Waals surface area contributed by atoms with Crippen molar-refractivity contribution in [3.05, 3.63) is 29.6 Å². The van der Waals surface area contributed by atoms with Crippen molar-refractivity contribution in [1.82, 2.24) is 9.62 Å². The van der Waals surface area contributed by atoms with Gasteiger partial charge in [-0.25, -0.2) is 17.5 Å². The Labute approximate surface area is 126 Å². The number of rotatable bonds is 9. The van der Waals surface area contributed by atoms with Crippen LogP contribution in [0, 0.1) is 5.82 Å². The van der Waals surface area contributed by atoms with E-state index in [0.717, 1.165) is 25.6 Å². The van der Waals surface area contributed by atoms with Crippen molar-refractivity contribution in [3.8, 4) is 0 Å². The van der Waals surface area contributed by atoms with E-state index in [1.54, 1.807) is 0 Å². The van der Waals surface area contributed by atoms with Gasteiger partial charge in [0, 0.05) is 25.2 Å². The molecule has 1 rings (SSSR count). The van der Waals surface area contributed by atoms with E-state index < -0.39 is 15.8 Å². The van der Waals surface area contributed by atoms with Crippen LogP contribution in [0.25, 0.3) is 0 Å². The van der Waals surface area contributed by atoms with Crippen molar-refractivity contribution in [2.24, 2.45) is 5.73 Å². The summed E-state index contributed by atoms with van der Waals surface area (Å²) in [4.78, 5) is 2.21. The van der Waals surface area contributed by atoms with Crippen LogP contribution in [0.1, 0.15) is 25.8 Å². The topological polar surface area (TPSA) is 75.4 Å². The molecule has 0 bridgehead atoms. The SMILES string of the molecule is CCCN(CC)CCNS(=O)(=O)c1ccc(F)c(CN)c1. The van der Waals surface area contributed by atoms with Gasteiger partial charge < -0.3 is 10.6 Å². The van der Waals surface area contributed by atoms with Gasteiger partial charge in [-0.2, -0.15) is 0 Å². The summed E-state index contributed by atoms with van der Waals surface area (Å²) in [5.41, 5.74) is 5.59. The Morgan fingerprint density at radius 3 is 2.57 bits per heavy atom. The fraction of sp³-hybridized carbons (Fsp3) is 0.571. The third-order valence-electron chi connectivity index (χ3n) is 3.25. The minimum atomic E-state index is -3.63. The molecule has 0 aliphatic carbocycles. The molecule has 0 radical (unpaired) electrons. The van der Waals surface area contributed by atoms with Gasteiger partial charge in [-0.15, -0.1) is 0 Å². The van der Waals surface area contributed by atoms with E-state index >= 15 is 0 Å². The number of sulfonamides is 1. The maximum atomic E-state index is 13.3. The van der Waals surface area contributed by atoms with E-state index in [-0.39, 0.29) is 17.0 Å². The molecule has 0 amide bonds. The van der Waals surface area contributed by atoms with Crippen molar-refractivity contribution in [3.63, 3.8) is 0 Å². The van der Waals surface area contributed by atoms with Gasteiger partial charge in [0.1, 0.15) is 5.82 Å². The molecule has 0 unspecified atom stereocenters. The molecule has 5 nitrogen and oxygen atoms in total. The molecule has 1 aromatic carbocycles. The summed E-state index contributed by atoms with van der Waals surface area (Å²) >= 11 is 0. The second-order valence-corrected chi connectivity index (χ2v) is 6.56. The number of nitrogens with two attached hydrogens (primary N) is 1. The lowest BCUT2D eigenvalue weighted by molar-refractivity contribution is 0.293. The second kappa shape index (κ2) is 8.43. The van der Waals surface area contributed by atoms with Crippen molar-refractivity contribution in [2.45, 2.75) is 31.7 Å². The summed E-state index contributed by atoms with van der Waals surface area (Å²) in [5, 5.41) is 0. The number of nitrogens with zero attached hydrogens (tertiary/aromatic N) is 1. The van der Waals surface area contributed by atoms with Gasteiger partial charge in [0.05, 0.1) is 4.90 Å². The van der Waals surface area contributed by atoms with Crippen LogP contribution in [-0.2, 0) is 16.6 Å². The lowest BCUT2D eigenvalue weighted by Gasteiger charge is -2.19. The first-order valence-electron chi connectivity index (χ1n) is 7.15. The molecule has 0 fully saturated rings. The second-order valence-electron chi connectivity index (χ2n) is 4.79. The van der Waals surface area contributed by atoms with Gasteiger partial charge in [-0.05, 0) is 37.7 Å². The Kier molecular flexibility index (Phi) is 7.24. The van der Waals surface area contributed by atoms with E-state index in [9.17, 15) is 12.8 Å². The van der Waals surface area contributed by atoms with Crippen LogP contribution in [0.5, 0.6) is 0 Å². The molecule has 0 atom stereocenters. The highest BCUT2D eigenvalue weighted by atomic mass is 32.2. The highest BCUT2D eigenvalue weighted by Gasteiger charge is 2.15. The van der Waals surface area contributed by atoms with Crippen LogP contribution in [0.3, 0.4) is 0 Å². The first kappa shape index (κ1) is 18.0. The van der Waals surface area contributed by atoms with Crippen LogP contribution in [0.2, 0.25) is 0 Å². The quantitative estimate of drug-likeness (QED) is 0.720. The first-order chi connectivity index (χ1) is 9.94. The molecule has 0 saturated heterocycles. The van der Waals surface area contributed by atoms with Gasteiger partial charge in [-0.1, -0.05) is 13.8 Å². The summed E-state index contributed by atoms with van der Waals surface area (Å²) in [7, 11) is -3.63. The first-order valence-corrected chi connectivity index (χ1v) is 8.63. The summed E-state index contributed by atoms with van der Waals surface area (Å²) in [6.45, 7) is 6.88. The smallest absolute Gasteiger partial charge is 0.240 e. The zero-order valence-corrected chi connectivity index (χ0v) is 13.4. The largest absolute Gasteiger partial charge is 0.326 e. The standard InChI is InChI=1S/C14H24FN3O2S/c1-3-8-18(4-2)9-7-17-21(19,20)13-5-6-14(15)12(10-13)11-16/h5-6,10,17H,3-4,7-9,11,16H2,1-2H3. The van der Waals surface area contributed by atoms with Gasteiger partial charge in [-0.3, -0.25) is 0 Å². The summed E-state index contributed by atoms with van der Waals surface area (Å²) < 4.78 is 40.2. The molecule has 120 valence electrons. The highest BCUT2D eigenvalue weighted by Crippen LogP contribution is 2.14. The molecule has 0 aliphatic heterocycles. The fourth-order valence-corrected chi connectivity index (χ4v) is 3.11. The van der Waals surface area contributed by atoms with Crippen LogP contribution in [0.4, 0.5) is 4.39 Å². The number of nitrogens with one attached hydrogen (secondary N) is 1. The summed E-state index contributed by atoms with van der Waals surface area (Å²) in [6, 6.07) is 3.66. The van der Waals surface area contributed by atoms with Crippen molar-refractivity contribution >= 4 is 10.0 Å². The van der Waals surface area contributed by atoms with E-state index in [1.807, 2.05) is 6.92 Å². The number of hydrogen-bond donors (Lipinski definition) is 2. The molecule has 0 aromatic heterocycles. The maximum Gasteiger partial charge on any atom is 0.240 e. The van der Waals surface area contributed by atoms with Gasteiger partial charge in [0.15, 0.2) is 0 Å². The number of likely N-dealkylation sites (N-methyl/N-ethyl adjacent to an activating group) is 1. The molecular formula is C14H24FN3O2S. The third kappa shape index (κ3) is 5.35. The van der Waals surface area contributed by atoms with Gasteiger partial charge >= 0.3 is 0 Å². The third-order valence-corrected chi connectivity index (χ3v) is 4.71. The minimum absolute atomic E-state index is 0.0324. The van der Waals surface area contributed by atoms with Crippen molar-refractivity contribution in [1.29, 1.82) is 0 Å². The molecule has 7 heteroatoms. The average molecular weight is 317 g/mol. The lowest BCUT2D eigenvalue weighted by Crippen LogP contribution is -2.35. The predicted octanol–water partition coefficient (Wildman–Crippen LogP) is 1.29. The Balaban J connectivity index is 2.69. The number of benzene rings is 1. The summed E-state index contributed by atoms with van der Waals surface area (Å²) in [6.07, 6.45) is 1.03. The number of halogens is 1. The van der Waals surface area contributed by atoms with Crippen LogP contribution in [0.15, 0.2) is 23.1 Å².